The molecule has 3 amide bonds. The summed E-state index contributed by atoms with van der Waals surface area (Å²) in [6.07, 6.45) is -2.57. The minimum atomic E-state index is -3.73. The maximum absolute atomic E-state index is 13.3. The van der Waals surface area contributed by atoms with Crippen LogP contribution in [-0.2, 0) is 30.6 Å². The second kappa shape index (κ2) is 10.3. The highest BCUT2D eigenvalue weighted by Crippen LogP contribution is 2.20. The van der Waals surface area contributed by atoms with Gasteiger partial charge < -0.3 is 25.4 Å². The van der Waals surface area contributed by atoms with Crippen molar-refractivity contribution in [1.29, 1.82) is 0 Å². The van der Waals surface area contributed by atoms with Gasteiger partial charge in [-0.25, -0.2) is 13.2 Å². The highest BCUT2D eigenvalue weighted by molar-refractivity contribution is 7.91. The molecular formula is C23H35N3O7S. The van der Waals surface area contributed by atoms with Crippen LogP contribution in [0.2, 0.25) is 0 Å². The van der Waals surface area contributed by atoms with Crippen LogP contribution in [0.1, 0.15) is 47.1 Å². The molecule has 1 saturated heterocycles. The summed E-state index contributed by atoms with van der Waals surface area (Å²) >= 11 is 0. The number of hydrogen-bond donors (Lipinski definition) is 3. The smallest absolute Gasteiger partial charge is 0.407 e. The van der Waals surface area contributed by atoms with Crippen LogP contribution >= 0.6 is 0 Å². The summed E-state index contributed by atoms with van der Waals surface area (Å²) in [7, 11) is -3.73. The number of aliphatic hydroxyl groups excluding tert-OH is 1. The SMILES string of the molecule is CC(C)(C)NC(=O)C1CS(=O)(=O)CN1C(=O)[C@@H](O)[C@H](Cc1ccccc1)NC(=O)OC(C)(C)C. The predicted octanol–water partition coefficient (Wildman–Crippen LogP) is 0.981. The number of sulfone groups is 1. The van der Waals surface area contributed by atoms with Crippen LogP contribution in [0.15, 0.2) is 30.3 Å². The molecule has 1 heterocycles. The number of hydrogen-bond acceptors (Lipinski definition) is 7. The fraction of sp³-hybridized carbons (Fsp3) is 0.609. The van der Waals surface area contributed by atoms with Crippen LogP contribution in [0.25, 0.3) is 0 Å². The molecule has 0 bridgehead atoms. The minimum absolute atomic E-state index is 0.0758. The molecule has 11 heteroatoms. The van der Waals surface area contributed by atoms with E-state index in [1.807, 2.05) is 0 Å². The third-order valence-electron chi connectivity index (χ3n) is 4.84. The summed E-state index contributed by atoms with van der Waals surface area (Å²) in [5.41, 5.74) is -0.730. The summed E-state index contributed by atoms with van der Waals surface area (Å²) < 4.78 is 29.9. The van der Waals surface area contributed by atoms with Crippen molar-refractivity contribution in [3.63, 3.8) is 0 Å². The molecule has 1 aliphatic rings. The molecule has 3 atom stereocenters. The minimum Gasteiger partial charge on any atom is -0.444 e. The number of carbonyl (C=O) groups is 3. The summed E-state index contributed by atoms with van der Waals surface area (Å²) in [5.74, 6) is -2.84. The Bertz CT molecular complexity index is 998. The first-order chi connectivity index (χ1) is 15.5. The number of nitrogens with one attached hydrogen (secondary N) is 2. The lowest BCUT2D eigenvalue weighted by molar-refractivity contribution is -0.146. The van der Waals surface area contributed by atoms with Gasteiger partial charge in [0, 0.05) is 5.54 Å². The van der Waals surface area contributed by atoms with Gasteiger partial charge in [-0.1, -0.05) is 30.3 Å². The van der Waals surface area contributed by atoms with Gasteiger partial charge >= 0.3 is 6.09 Å². The molecule has 3 N–H and O–H groups in total. The number of ether oxygens (including phenoxy) is 1. The molecule has 0 aromatic heterocycles. The van der Waals surface area contributed by atoms with E-state index >= 15 is 0 Å². The summed E-state index contributed by atoms with van der Waals surface area (Å²) in [6, 6.07) is 6.46. The highest BCUT2D eigenvalue weighted by atomic mass is 32.2. The zero-order chi connectivity index (χ0) is 25.9. The summed E-state index contributed by atoms with van der Waals surface area (Å²) in [5, 5.41) is 16.2. The van der Waals surface area contributed by atoms with Crippen LogP contribution in [-0.4, -0.2) is 77.3 Å². The van der Waals surface area contributed by atoms with Gasteiger partial charge in [0.25, 0.3) is 5.91 Å². The number of rotatable bonds is 6. The Morgan fingerprint density at radius 1 is 1.12 bits per heavy atom. The number of carbonyl (C=O) groups excluding carboxylic acids is 3. The van der Waals surface area contributed by atoms with Crippen molar-refractivity contribution in [3.8, 4) is 0 Å². The number of benzene rings is 1. The first kappa shape index (κ1) is 27.6. The quantitative estimate of drug-likeness (QED) is 0.532. The van der Waals surface area contributed by atoms with E-state index in [0.717, 1.165) is 10.5 Å². The largest absolute Gasteiger partial charge is 0.444 e. The lowest BCUT2D eigenvalue weighted by Crippen LogP contribution is -2.57. The van der Waals surface area contributed by atoms with Crippen LogP contribution in [0, 0.1) is 0 Å². The maximum Gasteiger partial charge on any atom is 0.407 e. The predicted molar refractivity (Wildman–Crippen MR) is 126 cm³/mol. The summed E-state index contributed by atoms with van der Waals surface area (Å²) in [6.45, 7) is 10.2. The second-order valence-electron chi connectivity index (χ2n) is 10.5. The third kappa shape index (κ3) is 8.28. The molecule has 1 aliphatic heterocycles. The molecular weight excluding hydrogens is 462 g/mol. The van der Waals surface area contributed by atoms with E-state index in [9.17, 15) is 27.9 Å². The van der Waals surface area contributed by atoms with Gasteiger partial charge in [-0.3, -0.25) is 9.59 Å². The first-order valence-corrected chi connectivity index (χ1v) is 12.8. The van der Waals surface area contributed by atoms with Gasteiger partial charge in [0.1, 0.15) is 17.5 Å². The standard InChI is InChI=1S/C23H35N3O7S/c1-22(2,3)25-19(28)17-13-34(31,32)14-26(17)20(29)18(27)16(12-15-10-8-7-9-11-15)24-21(30)33-23(4,5)6/h7-11,16-18,27H,12-14H2,1-6H3,(H,24,30)(H,25,28)/t16-,17?,18-/m0/s1. The van der Waals surface area contributed by atoms with E-state index in [1.54, 1.807) is 71.9 Å². The third-order valence-corrected chi connectivity index (χ3v) is 6.34. The summed E-state index contributed by atoms with van der Waals surface area (Å²) in [4.78, 5) is 39.3. The van der Waals surface area contributed by atoms with E-state index in [4.69, 9.17) is 4.74 Å². The van der Waals surface area contributed by atoms with Crippen LogP contribution in [0.5, 0.6) is 0 Å². The molecule has 34 heavy (non-hydrogen) atoms. The number of nitrogens with zero attached hydrogens (tertiary/aromatic N) is 1. The number of alkyl carbamates (subject to hydrolysis) is 1. The van der Waals surface area contributed by atoms with Gasteiger partial charge in [0.2, 0.25) is 5.91 Å². The van der Waals surface area contributed by atoms with E-state index in [2.05, 4.69) is 10.6 Å². The molecule has 10 nitrogen and oxygen atoms in total. The Morgan fingerprint density at radius 3 is 2.24 bits per heavy atom. The number of aliphatic hydroxyl groups is 1. The Balaban J connectivity index is 2.30. The van der Waals surface area contributed by atoms with Gasteiger partial charge in [0.15, 0.2) is 15.9 Å². The second-order valence-corrected chi connectivity index (χ2v) is 12.6. The fourth-order valence-corrected chi connectivity index (χ4v) is 5.13. The lowest BCUT2D eigenvalue weighted by atomic mass is 10.00. The molecule has 1 aromatic rings. The van der Waals surface area contributed by atoms with Crippen molar-refractivity contribution < 1.29 is 32.6 Å². The Morgan fingerprint density at radius 2 is 1.71 bits per heavy atom. The van der Waals surface area contributed by atoms with E-state index in [-0.39, 0.29) is 6.42 Å². The van der Waals surface area contributed by atoms with Crippen molar-refractivity contribution in [2.45, 2.75) is 77.3 Å². The normalized spacial score (nSPS) is 19.7. The van der Waals surface area contributed by atoms with Crippen molar-refractivity contribution in [1.82, 2.24) is 15.5 Å². The van der Waals surface area contributed by atoms with Crippen LogP contribution in [0.4, 0.5) is 4.79 Å². The van der Waals surface area contributed by atoms with Gasteiger partial charge in [0.05, 0.1) is 11.8 Å². The van der Waals surface area contributed by atoms with Gasteiger partial charge in [-0.05, 0) is 53.5 Å². The van der Waals surface area contributed by atoms with Crippen molar-refractivity contribution >= 4 is 27.7 Å². The fourth-order valence-electron chi connectivity index (χ4n) is 3.48. The molecule has 2 rings (SSSR count). The first-order valence-electron chi connectivity index (χ1n) is 11.0. The molecule has 0 radical (unpaired) electrons. The number of amides is 3. The average molecular weight is 498 g/mol. The Hall–Kier alpha value is -2.66. The Kier molecular flexibility index (Phi) is 8.36. The zero-order valence-electron chi connectivity index (χ0n) is 20.5. The monoisotopic (exact) mass is 497 g/mol. The van der Waals surface area contributed by atoms with Gasteiger partial charge in [-0.15, -0.1) is 0 Å². The van der Waals surface area contributed by atoms with Crippen molar-refractivity contribution in [2.75, 3.05) is 11.6 Å². The zero-order valence-corrected chi connectivity index (χ0v) is 21.3. The molecule has 0 spiro atoms. The van der Waals surface area contributed by atoms with Crippen LogP contribution in [0.3, 0.4) is 0 Å². The molecule has 1 fully saturated rings. The van der Waals surface area contributed by atoms with Crippen molar-refractivity contribution in [2.24, 2.45) is 0 Å². The van der Waals surface area contributed by atoms with E-state index in [0.29, 0.717) is 0 Å². The van der Waals surface area contributed by atoms with E-state index in [1.165, 1.54) is 0 Å². The highest BCUT2D eigenvalue weighted by Gasteiger charge is 2.46. The molecule has 0 saturated carbocycles. The van der Waals surface area contributed by atoms with E-state index < -0.39 is 68.7 Å². The van der Waals surface area contributed by atoms with Gasteiger partial charge in [-0.2, -0.15) is 0 Å². The average Bonchev–Trinajstić information content (AvgIpc) is 3.00. The molecule has 1 aromatic carbocycles. The van der Waals surface area contributed by atoms with Crippen molar-refractivity contribution in [3.05, 3.63) is 35.9 Å². The Labute approximate surface area is 201 Å². The van der Waals surface area contributed by atoms with Crippen LogP contribution < -0.4 is 10.6 Å². The molecule has 1 unspecified atom stereocenters. The lowest BCUT2D eigenvalue weighted by Gasteiger charge is -2.31. The maximum atomic E-state index is 13.3. The molecule has 0 aliphatic carbocycles. The molecule has 190 valence electrons. The topological polar surface area (TPSA) is 142 Å².